The van der Waals surface area contributed by atoms with Crippen molar-refractivity contribution in [3.63, 3.8) is 0 Å². The van der Waals surface area contributed by atoms with E-state index in [1.54, 1.807) is 0 Å². The van der Waals surface area contributed by atoms with Crippen molar-refractivity contribution in [1.29, 1.82) is 5.26 Å². The zero-order valence-electron chi connectivity index (χ0n) is 8.46. The van der Waals surface area contributed by atoms with Crippen LogP contribution in [0.1, 0.15) is 17.5 Å². The van der Waals surface area contributed by atoms with Gasteiger partial charge in [-0.2, -0.15) is 5.26 Å². The van der Waals surface area contributed by atoms with E-state index in [0.717, 1.165) is 13.0 Å². The monoisotopic (exact) mass is 204 g/mol. The summed E-state index contributed by atoms with van der Waals surface area (Å²) in [5, 5.41) is 11.9. The summed E-state index contributed by atoms with van der Waals surface area (Å²) in [7, 11) is 0. The Bertz CT molecular complexity index is 380. The van der Waals surface area contributed by atoms with Crippen LogP contribution < -0.4 is 5.32 Å². The van der Waals surface area contributed by atoms with Crippen LogP contribution in [0.25, 0.3) is 0 Å². The Morgan fingerprint density at radius 3 is 3.00 bits per heavy atom. The summed E-state index contributed by atoms with van der Waals surface area (Å²) in [6, 6.07) is 6.22. The molecule has 0 aromatic heterocycles. The van der Waals surface area contributed by atoms with Crippen LogP contribution >= 0.6 is 0 Å². The fraction of sp³-hybridized carbons (Fsp3) is 0.250. The van der Waals surface area contributed by atoms with Crippen molar-refractivity contribution in [2.75, 3.05) is 6.54 Å². The maximum absolute atomic E-state index is 12.9. The highest BCUT2D eigenvalue weighted by Gasteiger charge is 2.02. The van der Waals surface area contributed by atoms with Crippen LogP contribution in [0.2, 0.25) is 0 Å². The van der Waals surface area contributed by atoms with Gasteiger partial charge in [0, 0.05) is 6.54 Å². The van der Waals surface area contributed by atoms with Crippen LogP contribution in [0.4, 0.5) is 4.39 Å². The van der Waals surface area contributed by atoms with Gasteiger partial charge >= 0.3 is 0 Å². The molecule has 0 spiro atoms. The summed E-state index contributed by atoms with van der Waals surface area (Å²) < 4.78 is 12.9. The first-order valence-corrected chi connectivity index (χ1v) is 4.78. The molecule has 1 rings (SSSR count). The molecule has 0 saturated heterocycles. The predicted octanol–water partition coefficient (Wildman–Crippen LogP) is 2.36. The maximum atomic E-state index is 12.9. The molecular weight excluding hydrogens is 191 g/mol. The minimum atomic E-state index is -0.311. The first-order chi connectivity index (χ1) is 7.27. The van der Waals surface area contributed by atoms with Crippen LogP contribution in [-0.2, 0) is 6.54 Å². The average Bonchev–Trinajstić information content (AvgIpc) is 2.25. The van der Waals surface area contributed by atoms with Crippen LogP contribution in [0, 0.1) is 17.1 Å². The van der Waals surface area contributed by atoms with Crippen molar-refractivity contribution >= 4 is 0 Å². The van der Waals surface area contributed by atoms with Crippen molar-refractivity contribution in [3.05, 3.63) is 47.8 Å². The molecule has 1 N–H and O–H groups in total. The molecule has 0 bridgehead atoms. The van der Waals surface area contributed by atoms with E-state index in [1.165, 1.54) is 18.2 Å². The van der Waals surface area contributed by atoms with E-state index in [-0.39, 0.29) is 5.82 Å². The van der Waals surface area contributed by atoms with Crippen LogP contribution in [0.15, 0.2) is 30.9 Å². The minimum absolute atomic E-state index is 0.311. The molecule has 0 aliphatic carbocycles. The minimum Gasteiger partial charge on any atom is -0.312 e. The standard InChI is InChI=1S/C12H13FN2/c1-2-3-6-15-9-11-7-12(13)5-4-10(11)8-14/h2,4-5,7,15H,1,3,6,9H2. The number of halogens is 1. The molecule has 3 heteroatoms. The number of rotatable bonds is 5. The van der Waals surface area contributed by atoms with E-state index in [1.807, 2.05) is 12.1 Å². The van der Waals surface area contributed by atoms with E-state index < -0.39 is 0 Å². The topological polar surface area (TPSA) is 35.8 Å². The van der Waals surface area contributed by atoms with Crippen LogP contribution in [0.5, 0.6) is 0 Å². The fourth-order valence-corrected chi connectivity index (χ4v) is 1.24. The van der Waals surface area contributed by atoms with Gasteiger partial charge in [-0.3, -0.25) is 0 Å². The molecule has 0 fully saturated rings. The summed E-state index contributed by atoms with van der Waals surface area (Å²) in [5.74, 6) is -0.311. The second-order valence-corrected chi connectivity index (χ2v) is 3.17. The molecule has 2 nitrogen and oxygen atoms in total. The van der Waals surface area contributed by atoms with Crippen LogP contribution in [-0.4, -0.2) is 6.54 Å². The highest BCUT2D eigenvalue weighted by molar-refractivity contribution is 5.37. The average molecular weight is 204 g/mol. The first-order valence-electron chi connectivity index (χ1n) is 4.78. The second-order valence-electron chi connectivity index (χ2n) is 3.17. The molecule has 0 amide bonds. The molecule has 0 radical (unpaired) electrons. The lowest BCUT2D eigenvalue weighted by Gasteiger charge is -2.05. The molecule has 0 heterocycles. The van der Waals surface area contributed by atoms with E-state index in [0.29, 0.717) is 17.7 Å². The van der Waals surface area contributed by atoms with Gasteiger partial charge in [-0.15, -0.1) is 6.58 Å². The third-order valence-corrected chi connectivity index (χ3v) is 2.03. The zero-order chi connectivity index (χ0) is 11.1. The van der Waals surface area contributed by atoms with E-state index >= 15 is 0 Å². The highest BCUT2D eigenvalue weighted by atomic mass is 19.1. The van der Waals surface area contributed by atoms with Crippen molar-refractivity contribution < 1.29 is 4.39 Å². The molecule has 1 aromatic carbocycles. The van der Waals surface area contributed by atoms with Crippen molar-refractivity contribution in [2.45, 2.75) is 13.0 Å². The molecule has 78 valence electrons. The largest absolute Gasteiger partial charge is 0.312 e. The SMILES string of the molecule is C=CCCNCc1cc(F)ccc1C#N. The Morgan fingerprint density at radius 1 is 1.53 bits per heavy atom. The van der Waals surface area contributed by atoms with E-state index in [2.05, 4.69) is 11.9 Å². The number of benzene rings is 1. The Kier molecular flexibility index (Phi) is 4.52. The number of nitriles is 1. The molecule has 0 aliphatic heterocycles. The number of hydrogen-bond acceptors (Lipinski definition) is 2. The van der Waals surface area contributed by atoms with E-state index in [4.69, 9.17) is 5.26 Å². The molecule has 0 atom stereocenters. The Labute approximate surface area is 89.0 Å². The highest BCUT2D eigenvalue weighted by Crippen LogP contribution is 2.09. The fourth-order valence-electron chi connectivity index (χ4n) is 1.24. The van der Waals surface area contributed by atoms with Gasteiger partial charge in [0.25, 0.3) is 0 Å². The van der Waals surface area contributed by atoms with Gasteiger partial charge < -0.3 is 5.32 Å². The zero-order valence-corrected chi connectivity index (χ0v) is 8.46. The normalized spacial score (nSPS) is 9.60. The number of hydrogen-bond donors (Lipinski definition) is 1. The lowest BCUT2D eigenvalue weighted by molar-refractivity contribution is 0.620. The lowest BCUT2D eigenvalue weighted by Crippen LogP contribution is -2.15. The number of nitrogens with one attached hydrogen (secondary N) is 1. The molecule has 0 unspecified atom stereocenters. The molecule has 0 aliphatic rings. The van der Waals surface area contributed by atoms with Crippen LogP contribution in [0.3, 0.4) is 0 Å². The molecule has 0 saturated carbocycles. The van der Waals surface area contributed by atoms with Crippen molar-refractivity contribution in [2.24, 2.45) is 0 Å². The summed E-state index contributed by atoms with van der Waals surface area (Å²) >= 11 is 0. The third kappa shape index (κ3) is 3.53. The van der Waals surface area contributed by atoms with Gasteiger partial charge in [-0.1, -0.05) is 6.08 Å². The van der Waals surface area contributed by atoms with E-state index in [9.17, 15) is 4.39 Å². The molecular formula is C12H13FN2. The Morgan fingerprint density at radius 2 is 2.33 bits per heavy atom. The quantitative estimate of drug-likeness (QED) is 0.590. The molecule has 1 aromatic rings. The Hall–Kier alpha value is -1.66. The van der Waals surface area contributed by atoms with Gasteiger partial charge in [0.15, 0.2) is 0 Å². The first kappa shape index (κ1) is 11.4. The third-order valence-electron chi connectivity index (χ3n) is 2.03. The van der Waals surface area contributed by atoms with Gasteiger partial charge in [0.1, 0.15) is 5.82 Å². The summed E-state index contributed by atoms with van der Waals surface area (Å²) in [4.78, 5) is 0. The van der Waals surface area contributed by atoms with Crippen molar-refractivity contribution in [3.8, 4) is 6.07 Å². The van der Waals surface area contributed by atoms with Gasteiger partial charge in [-0.05, 0) is 36.7 Å². The van der Waals surface area contributed by atoms with Crippen molar-refractivity contribution in [1.82, 2.24) is 5.32 Å². The van der Waals surface area contributed by atoms with Gasteiger partial charge in [0.2, 0.25) is 0 Å². The summed E-state index contributed by atoms with van der Waals surface area (Å²) in [6.07, 6.45) is 2.67. The maximum Gasteiger partial charge on any atom is 0.123 e. The summed E-state index contributed by atoms with van der Waals surface area (Å²) in [5.41, 5.74) is 1.21. The van der Waals surface area contributed by atoms with Gasteiger partial charge in [-0.25, -0.2) is 4.39 Å². The second kappa shape index (κ2) is 5.94. The Balaban J connectivity index is 2.63. The lowest BCUT2D eigenvalue weighted by atomic mass is 10.1. The number of nitrogens with zero attached hydrogens (tertiary/aromatic N) is 1. The van der Waals surface area contributed by atoms with Gasteiger partial charge in [0.05, 0.1) is 11.6 Å². The predicted molar refractivity (Wildman–Crippen MR) is 57.6 cm³/mol. The molecule has 15 heavy (non-hydrogen) atoms. The smallest absolute Gasteiger partial charge is 0.123 e. The summed E-state index contributed by atoms with van der Waals surface area (Å²) in [6.45, 7) is 4.89.